The Kier molecular flexibility index (Phi) is 5.75. The monoisotopic (exact) mass is 411 g/mol. The fourth-order valence-electron chi connectivity index (χ4n) is 2.44. The topological polar surface area (TPSA) is 125 Å². The molecule has 1 aliphatic rings. The summed E-state index contributed by atoms with van der Waals surface area (Å²) < 4.78 is 33.3. The number of rotatable bonds is 5. The Hall–Kier alpha value is -2.47. The molecule has 1 aromatic heterocycles. The summed E-state index contributed by atoms with van der Waals surface area (Å²) in [5.74, 6) is -1.30. The van der Waals surface area contributed by atoms with Gasteiger partial charge in [0, 0.05) is 17.5 Å². The van der Waals surface area contributed by atoms with Crippen LogP contribution in [0.15, 0.2) is 41.1 Å². The van der Waals surface area contributed by atoms with Crippen molar-refractivity contribution in [2.75, 3.05) is 19.7 Å². The van der Waals surface area contributed by atoms with Crippen LogP contribution in [0.1, 0.15) is 20.7 Å². The van der Waals surface area contributed by atoms with Crippen molar-refractivity contribution >= 4 is 33.4 Å². The van der Waals surface area contributed by atoms with Crippen LogP contribution in [0.25, 0.3) is 0 Å². The molecule has 2 heterocycles. The van der Waals surface area contributed by atoms with E-state index >= 15 is 0 Å². The summed E-state index contributed by atoms with van der Waals surface area (Å²) in [5.41, 5.74) is 0.468. The Morgan fingerprint density at radius 1 is 1.22 bits per heavy atom. The van der Waals surface area contributed by atoms with Gasteiger partial charge in [0.25, 0.3) is 11.8 Å². The molecule has 3 N–H and O–H groups in total. The third-order valence-electron chi connectivity index (χ3n) is 3.77. The Bertz CT molecular complexity index is 929. The number of nitrogens with one attached hydrogen (secondary N) is 2. The van der Waals surface area contributed by atoms with Crippen LogP contribution in [0.3, 0.4) is 0 Å². The Morgan fingerprint density at radius 3 is 2.74 bits per heavy atom. The quantitative estimate of drug-likeness (QED) is 0.659. The number of thiophene rings is 1. The first kappa shape index (κ1) is 19.3. The maximum atomic E-state index is 12.4. The van der Waals surface area contributed by atoms with Crippen molar-refractivity contribution in [3.8, 4) is 5.75 Å². The maximum Gasteiger partial charge on any atom is 0.304 e. The van der Waals surface area contributed by atoms with E-state index in [0.29, 0.717) is 0 Å². The maximum absolute atomic E-state index is 12.4. The van der Waals surface area contributed by atoms with E-state index in [9.17, 15) is 23.1 Å². The third-order valence-corrected chi connectivity index (χ3v) is 5.91. The smallest absolute Gasteiger partial charge is 0.304 e. The predicted molar refractivity (Wildman–Crippen MR) is 97.6 cm³/mol. The molecule has 11 heteroatoms. The molecule has 0 saturated carbocycles. The lowest BCUT2D eigenvalue weighted by Gasteiger charge is -2.32. The number of phenols is 1. The molecule has 1 aromatic carbocycles. The molecule has 0 radical (unpaired) electrons. The van der Waals surface area contributed by atoms with E-state index in [0.717, 1.165) is 4.31 Å². The molecule has 3 rings (SSSR count). The van der Waals surface area contributed by atoms with Crippen molar-refractivity contribution in [2.24, 2.45) is 0 Å². The molecule has 2 amide bonds. The van der Waals surface area contributed by atoms with Crippen LogP contribution in [0.2, 0.25) is 0 Å². The second-order valence-electron chi connectivity index (χ2n) is 5.69. The SMILES string of the molecule is O=C(NC1CN(S(=O)(=O)NC(=O)c2ccsc2)CCO1)c1cccc(O)c1. The summed E-state index contributed by atoms with van der Waals surface area (Å²) >= 11 is 1.28. The third kappa shape index (κ3) is 4.83. The van der Waals surface area contributed by atoms with Crippen LogP contribution in [-0.2, 0) is 14.9 Å². The molecular formula is C16H17N3O6S2. The van der Waals surface area contributed by atoms with Crippen molar-refractivity contribution < 1.29 is 27.9 Å². The number of ether oxygens (including phenoxy) is 1. The van der Waals surface area contributed by atoms with E-state index in [-0.39, 0.29) is 36.6 Å². The minimum absolute atomic E-state index is 0.0464. The van der Waals surface area contributed by atoms with E-state index in [1.54, 1.807) is 10.8 Å². The molecule has 1 unspecified atom stereocenters. The summed E-state index contributed by atoms with van der Waals surface area (Å²) in [7, 11) is -4.08. The van der Waals surface area contributed by atoms with Crippen molar-refractivity contribution in [3.63, 3.8) is 0 Å². The molecule has 27 heavy (non-hydrogen) atoms. The van der Waals surface area contributed by atoms with Gasteiger partial charge in [-0.05, 0) is 29.6 Å². The highest BCUT2D eigenvalue weighted by atomic mass is 32.2. The summed E-state index contributed by atoms with van der Waals surface area (Å²) in [6, 6.07) is 7.26. The molecule has 0 spiro atoms. The first-order valence-electron chi connectivity index (χ1n) is 7.91. The summed E-state index contributed by atoms with van der Waals surface area (Å²) in [4.78, 5) is 24.2. The van der Waals surface area contributed by atoms with Gasteiger partial charge >= 0.3 is 10.2 Å². The van der Waals surface area contributed by atoms with Gasteiger partial charge in [0.15, 0.2) is 0 Å². The van der Waals surface area contributed by atoms with Gasteiger partial charge in [0.1, 0.15) is 12.0 Å². The van der Waals surface area contributed by atoms with Gasteiger partial charge in [-0.25, -0.2) is 4.72 Å². The van der Waals surface area contributed by atoms with Crippen molar-refractivity contribution in [2.45, 2.75) is 6.23 Å². The van der Waals surface area contributed by atoms with Crippen LogP contribution in [-0.4, -0.2) is 55.6 Å². The van der Waals surface area contributed by atoms with Crippen molar-refractivity contribution in [3.05, 3.63) is 52.2 Å². The van der Waals surface area contributed by atoms with Gasteiger partial charge in [-0.15, -0.1) is 0 Å². The first-order valence-corrected chi connectivity index (χ1v) is 10.3. The number of hydrogen-bond donors (Lipinski definition) is 3. The number of phenolic OH excluding ortho intramolecular Hbond substituents is 1. The Morgan fingerprint density at radius 2 is 2.04 bits per heavy atom. The zero-order valence-corrected chi connectivity index (χ0v) is 15.6. The van der Waals surface area contributed by atoms with Gasteiger partial charge in [-0.3, -0.25) is 9.59 Å². The summed E-state index contributed by atoms with van der Waals surface area (Å²) in [6.07, 6.45) is -0.888. The highest BCUT2D eigenvalue weighted by Gasteiger charge is 2.32. The van der Waals surface area contributed by atoms with Gasteiger partial charge in [-0.1, -0.05) is 6.07 Å². The molecular weight excluding hydrogens is 394 g/mol. The van der Waals surface area contributed by atoms with Crippen LogP contribution in [0.5, 0.6) is 5.75 Å². The van der Waals surface area contributed by atoms with E-state index in [2.05, 4.69) is 5.32 Å². The average Bonchev–Trinajstić information content (AvgIpc) is 3.16. The molecule has 0 aliphatic carbocycles. The van der Waals surface area contributed by atoms with Gasteiger partial charge < -0.3 is 15.2 Å². The number of hydrogen-bond acceptors (Lipinski definition) is 7. The molecule has 1 atom stereocenters. The molecule has 2 aromatic rings. The predicted octanol–water partition coefficient (Wildman–Crippen LogP) is 0.517. The first-order chi connectivity index (χ1) is 12.8. The number of benzene rings is 1. The van der Waals surface area contributed by atoms with E-state index in [1.165, 1.54) is 41.7 Å². The highest BCUT2D eigenvalue weighted by Crippen LogP contribution is 2.13. The number of carbonyl (C=O) groups excluding carboxylic acids is 2. The fraction of sp³-hybridized carbons (Fsp3) is 0.250. The van der Waals surface area contributed by atoms with Crippen LogP contribution in [0.4, 0.5) is 0 Å². The Labute approximate surface area is 159 Å². The summed E-state index contributed by atoms with van der Waals surface area (Å²) in [6.45, 7) is -0.0555. The number of aromatic hydroxyl groups is 1. The van der Waals surface area contributed by atoms with Crippen molar-refractivity contribution in [1.82, 2.24) is 14.3 Å². The molecule has 1 saturated heterocycles. The second kappa shape index (κ2) is 8.05. The molecule has 1 aliphatic heterocycles. The normalized spacial score (nSPS) is 18.0. The minimum Gasteiger partial charge on any atom is -0.508 e. The number of amides is 2. The van der Waals surface area contributed by atoms with E-state index < -0.39 is 28.3 Å². The Balaban J connectivity index is 1.63. The molecule has 144 valence electrons. The zero-order valence-electron chi connectivity index (χ0n) is 14.0. The highest BCUT2D eigenvalue weighted by molar-refractivity contribution is 7.87. The van der Waals surface area contributed by atoms with Crippen molar-refractivity contribution in [1.29, 1.82) is 0 Å². The number of carbonyl (C=O) groups is 2. The lowest BCUT2D eigenvalue weighted by molar-refractivity contribution is -0.0175. The number of nitrogens with zero attached hydrogens (tertiary/aromatic N) is 1. The van der Waals surface area contributed by atoms with E-state index in [4.69, 9.17) is 4.74 Å². The van der Waals surface area contributed by atoms with Gasteiger partial charge in [-0.2, -0.15) is 24.1 Å². The molecule has 9 nitrogen and oxygen atoms in total. The lowest BCUT2D eigenvalue weighted by Crippen LogP contribution is -2.55. The van der Waals surface area contributed by atoms with Gasteiger partial charge in [0.05, 0.1) is 18.7 Å². The zero-order chi connectivity index (χ0) is 19.4. The fourth-order valence-corrected chi connectivity index (χ4v) is 4.21. The standard InChI is InChI=1S/C16H17N3O6S2/c20-13-3-1-2-11(8-13)15(21)17-14-9-19(5-6-25-14)27(23,24)18-16(22)12-4-7-26-10-12/h1-4,7-8,10,14,20H,5-6,9H2,(H,17,21)(H,18,22). The van der Waals surface area contributed by atoms with Crippen LogP contribution < -0.4 is 10.0 Å². The summed E-state index contributed by atoms with van der Waals surface area (Å²) in [5, 5.41) is 15.2. The molecule has 0 bridgehead atoms. The minimum atomic E-state index is -4.08. The number of morpholine rings is 1. The second-order valence-corrected chi connectivity index (χ2v) is 8.14. The lowest BCUT2D eigenvalue weighted by atomic mass is 10.2. The average molecular weight is 411 g/mol. The molecule has 1 fully saturated rings. The van der Waals surface area contributed by atoms with Crippen LogP contribution >= 0.6 is 11.3 Å². The van der Waals surface area contributed by atoms with Gasteiger partial charge in [0.2, 0.25) is 0 Å². The largest absolute Gasteiger partial charge is 0.508 e. The van der Waals surface area contributed by atoms with E-state index in [1.807, 2.05) is 4.72 Å². The van der Waals surface area contributed by atoms with Crippen LogP contribution in [0, 0.1) is 0 Å².